The van der Waals surface area contributed by atoms with E-state index in [1.54, 1.807) is 6.92 Å². The predicted molar refractivity (Wildman–Crippen MR) is 41.2 cm³/mol. The van der Waals surface area contributed by atoms with Crippen molar-refractivity contribution in [3.05, 3.63) is 0 Å². The molecule has 3 heteroatoms. The summed E-state index contributed by atoms with van der Waals surface area (Å²) in [5, 5.41) is 8.35. The first-order valence-corrected chi connectivity index (χ1v) is 3.85. The smallest absolute Gasteiger partial charge is 0.135 e. The molecule has 0 rings (SSSR count). The predicted octanol–water partition coefficient (Wildman–Crippen LogP) is 0.697. The zero-order chi connectivity index (χ0) is 8.69. The molecule has 64 valence electrons. The van der Waals surface area contributed by atoms with Gasteiger partial charge in [0.05, 0.1) is 0 Å². The number of rotatable bonds is 6. The first kappa shape index (κ1) is 10.3. The van der Waals surface area contributed by atoms with Crippen LogP contribution in [0, 0.1) is 0 Å². The van der Waals surface area contributed by atoms with Crippen molar-refractivity contribution in [1.82, 2.24) is 0 Å². The second kappa shape index (κ2) is 6.04. The lowest BCUT2D eigenvalue weighted by atomic mass is 10.1. The number of hydrogen-bond acceptors (Lipinski definition) is 3. The molecule has 0 atom stereocenters. The van der Waals surface area contributed by atoms with Gasteiger partial charge in [0.1, 0.15) is 11.6 Å². The molecule has 3 nitrogen and oxygen atoms in total. The fourth-order valence-electron chi connectivity index (χ4n) is 0.705. The van der Waals surface area contributed by atoms with Crippen LogP contribution in [-0.4, -0.2) is 23.3 Å². The molecule has 0 amide bonds. The van der Waals surface area contributed by atoms with Crippen molar-refractivity contribution in [3.63, 3.8) is 0 Å². The van der Waals surface area contributed by atoms with E-state index in [0.29, 0.717) is 12.8 Å². The average Bonchev–Trinajstić information content (AvgIpc) is 2.01. The minimum absolute atomic E-state index is 0.0331. The van der Waals surface area contributed by atoms with E-state index in [4.69, 9.17) is 5.11 Å². The fraction of sp³-hybridized carbons (Fsp3) is 0.750. The molecular formula is C8H14O3. The molecule has 0 aromatic rings. The molecule has 0 spiro atoms. The van der Waals surface area contributed by atoms with Gasteiger partial charge in [0, 0.05) is 32.3 Å². The van der Waals surface area contributed by atoms with Crippen LogP contribution in [0.25, 0.3) is 0 Å². The number of hydrogen-bond donors (Lipinski definition) is 1. The highest BCUT2D eigenvalue weighted by molar-refractivity contribution is 5.85. The summed E-state index contributed by atoms with van der Waals surface area (Å²) >= 11 is 0. The van der Waals surface area contributed by atoms with Crippen LogP contribution in [0.2, 0.25) is 0 Å². The maximum Gasteiger partial charge on any atom is 0.135 e. The lowest BCUT2D eigenvalue weighted by Crippen LogP contribution is -2.04. The van der Waals surface area contributed by atoms with Gasteiger partial charge in [-0.2, -0.15) is 0 Å². The molecule has 0 bridgehead atoms. The number of aliphatic hydroxyl groups excluding tert-OH is 1. The maximum absolute atomic E-state index is 10.8. The molecule has 1 N–H and O–H groups in total. The number of Topliss-reactive ketones (excluding diaryl/α,β-unsaturated/α-hetero) is 2. The van der Waals surface area contributed by atoms with E-state index >= 15 is 0 Å². The third-order valence-electron chi connectivity index (χ3n) is 1.47. The van der Waals surface area contributed by atoms with Crippen LogP contribution in [0.3, 0.4) is 0 Å². The molecule has 0 saturated carbocycles. The number of aliphatic hydroxyl groups is 1. The van der Waals surface area contributed by atoms with Crippen molar-refractivity contribution in [1.29, 1.82) is 0 Å². The summed E-state index contributed by atoms with van der Waals surface area (Å²) in [4.78, 5) is 21.5. The van der Waals surface area contributed by atoms with Crippen LogP contribution in [0.1, 0.15) is 32.6 Å². The van der Waals surface area contributed by atoms with E-state index in [1.165, 1.54) is 0 Å². The van der Waals surface area contributed by atoms with Gasteiger partial charge in [0.25, 0.3) is 0 Å². The second-order valence-electron chi connectivity index (χ2n) is 2.40. The summed E-state index contributed by atoms with van der Waals surface area (Å²) in [6.45, 7) is 1.66. The van der Waals surface area contributed by atoms with Gasteiger partial charge in [-0.3, -0.25) is 9.59 Å². The summed E-state index contributed by atoms with van der Waals surface area (Å²) in [6, 6.07) is 0. The van der Waals surface area contributed by atoms with Crippen LogP contribution < -0.4 is 0 Å². The topological polar surface area (TPSA) is 54.4 Å². The number of carbonyl (C=O) groups excluding carboxylic acids is 2. The monoisotopic (exact) mass is 158 g/mol. The standard InChI is InChI=1S/C8H14O3/c1-2-7(10)3-4-8(11)5-6-9/h9H,2-6H2,1H3. The highest BCUT2D eigenvalue weighted by Crippen LogP contribution is 1.97. The number of ketones is 2. The van der Waals surface area contributed by atoms with Gasteiger partial charge in [-0.15, -0.1) is 0 Å². The Bertz CT molecular complexity index is 140. The lowest BCUT2D eigenvalue weighted by Gasteiger charge is -1.95. The SMILES string of the molecule is CCC(=O)CCC(=O)CCO. The molecule has 0 saturated heterocycles. The molecule has 0 aliphatic carbocycles. The summed E-state index contributed by atoms with van der Waals surface area (Å²) in [6.07, 6.45) is 1.28. The van der Waals surface area contributed by atoms with Crippen LogP contribution >= 0.6 is 0 Å². The Morgan fingerprint density at radius 3 is 2.09 bits per heavy atom. The molecule has 0 heterocycles. The normalized spacial score (nSPS) is 9.64. The van der Waals surface area contributed by atoms with Gasteiger partial charge in [-0.1, -0.05) is 6.92 Å². The lowest BCUT2D eigenvalue weighted by molar-refractivity contribution is -0.124. The van der Waals surface area contributed by atoms with E-state index in [-0.39, 0.29) is 31.0 Å². The summed E-state index contributed by atoms with van der Waals surface area (Å²) in [5.41, 5.74) is 0. The Morgan fingerprint density at radius 1 is 1.09 bits per heavy atom. The van der Waals surface area contributed by atoms with Crippen molar-refractivity contribution >= 4 is 11.6 Å². The quantitative estimate of drug-likeness (QED) is 0.619. The van der Waals surface area contributed by atoms with Crippen molar-refractivity contribution < 1.29 is 14.7 Å². The van der Waals surface area contributed by atoms with Crippen LogP contribution in [0.15, 0.2) is 0 Å². The molecule has 0 radical (unpaired) electrons. The van der Waals surface area contributed by atoms with Gasteiger partial charge in [-0.05, 0) is 0 Å². The molecule has 0 aromatic carbocycles. The van der Waals surface area contributed by atoms with E-state index in [9.17, 15) is 9.59 Å². The van der Waals surface area contributed by atoms with E-state index in [2.05, 4.69) is 0 Å². The molecule has 0 aliphatic heterocycles. The van der Waals surface area contributed by atoms with Crippen LogP contribution in [0.4, 0.5) is 0 Å². The Balaban J connectivity index is 3.38. The number of carbonyl (C=O) groups is 2. The van der Waals surface area contributed by atoms with Crippen molar-refractivity contribution in [3.8, 4) is 0 Å². The Morgan fingerprint density at radius 2 is 1.64 bits per heavy atom. The molecule has 0 fully saturated rings. The minimum Gasteiger partial charge on any atom is -0.396 e. The van der Waals surface area contributed by atoms with E-state index in [0.717, 1.165) is 0 Å². The van der Waals surface area contributed by atoms with Gasteiger partial charge < -0.3 is 5.11 Å². The van der Waals surface area contributed by atoms with Crippen LogP contribution in [0.5, 0.6) is 0 Å². The van der Waals surface area contributed by atoms with Crippen molar-refractivity contribution in [2.24, 2.45) is 0 Å². The molecule has 0 aliphatic rings. The molecular weight excluding hydrogens is 144 g/mol. The minimum atomic E-state index is -0.112. The highest BCUT2D eigenvalue weighted by Gasteiger charge is 2.03. The fourth-order valence-corrected chi connectivity index (χ4v) is 0.705. The first-order valence-electron chi connectivity index (χ1n) is 3.85. The van der Waals surface area contributed by atoms with Crippen molar-refractivity contribution in [2.75, 3.05) is 6.61 Å². The Hall–Kier alpha value is -0.700. The van der Waals surface area contributed by atoms with Gasteiger partial charge in [0.2, 0.25) is 0 Å². The third kappa shape index (κ3) is 5.73. The zero-order valence-corrected chi connectivity index (χ0v) is 6.80. The Kier molecular flexibility index (Phi) is 5.65. The molecule has 0 aromatic heterocycles. The van der Waals surface area contributed by atoms with E-state index in [1.807, 2.05) is 0 Å². The summed E-state index contributed by atoms with van der Waals surface area (Å²) in [7, 11) is 0. The second-order valence-corrected chi connectivity index (χ2v) is 2.40. The molecule has 0 unspecified atom stereocenters. The van der Waals surface area contributed by atoms with Crippen molar-refractivity contribution in [2.45, 2.75) is 32.6 Å². The summed E-state index contributed by atoms with van der Waals surface area (Å²) < 4.78 is 0. The van der Waals surface area contributed by atoms with E-state index < -0.39 is 0 Å². The molecule has 11 heavy (non-hydrogen) atoms. The van der Waals surface area contributed by atoms with Gasteiger partial charge >= 0.3 is 0 Å². The van der Waals surface area contributed by atoms with Gasteiger partial charge in [0.15, 0.2) is 0 Å². The first-order chi connectivity index (χ1) is 5.20. The average molecular weight is 158 g/mol. The van der Waals surface area contributed by atoms with Gasteiger partial charge in [-0.25, -0.2) is 0 Å². The highest BCUT2D eigenvalue weighted by atomic mass is 16.3. The summed E-state index contributed by atoms with van der Waals surface area (Å²) in [5.74, 6) is 0.0746. The third-order valence-corrected chi connectivity index (χ3v) is 1.47. The van der Waals surface area contributed by atoms with Crippen LogP contribution in [-0.2, 0) is 9.59 Å². The Labute approximate surface area is 66.4 Å². The zero-order valence-electron chi connectivity index (χ0n) is 6.80. The largest absolute Gasteiger partial charge is 0.396 e. The maximum atomic E-state index is 10.8.